The summed E-state index contributed by atoms with van der Waals surface area (Å²) in [6, 6.07) is 9.45. The number of aromatic nitrogens is 4. The van der Waals surface area contributed by atoms with Crippen LogP contribution in [0.25, 0.3) is 11.2 Å². The van der Waals surface area contributed by atoms with Gasteiger partial charge in [-0.05, 0) is 17.9 Å². The lowest BCUT2D eigenvalue weighted by Crippen LogP contribution is -2.44. The zero-order chi connectivity index (χ0) is 22.4. The summed E-state index contributed by atoms with van der Waals surface area (Å²) in [6.45, 7) is 5.33. The van der Waals surface area contributed by atoms with Crippen molar-refractivity contribution >= 4 is 17.1 Å². The summed E-state index contributed by atoms with van der Waals surface area (Å²) in [6.07, 6.45) is 2.35. The van der Waals surface area contributed by atoms with E-state index in [4.69, 9.17) is 4.74 Å². The molecule has 0 spiro atoms. The lowest BCUT2D eigenvalue weighted by Gasteiger charge is -2.13. The second kappa shape index (κ2) is 10.2. The second-order valence-corrected chi connectivity index (χ2v) is 7.88. The molecule has 1 amide bonds. The molecule has 0 fully saturated rings. The van der Waals surface area contributed by atoms with E-state index in [2.05, 4.69) is 24.1 Å². The molecule has 9 heteroatoms. The van der Waals surface area contributed by atoms with Crippen LogP contribution in [0.1, 0.15) is 25.8 Å². The van der Waals surface area contributed by atoms with Crippen molar-refractivity contribution in [1.82, 2.24) is 24.0 Å². The van der Waals surface area contributed by atoms with Crippen molar-refractivity contribution in [3.8, 4) is 0 Å². The molecule has 0 aliphatic rings. The van der Waals surface area contributed by atoms with Gasteiger partial charge in [-0.3, -0.25) is 14.2 Å². The number of hydrogen-bond donors (Lipinski definition) is 1. The van der Waals surface area contributed by atoms with Crippen molar-refractivity contribution in [1.29, 1.82) is 0 Å². The Morgan fingerprint density at radius 3 is 2.58 bits per heavy atom. The number of carbonyl (C=O) groups is 1. The van der Waals surface area contributed by atoms with Crippen LogP contribution in [0, 0.1) is 5.92 Å². The minimum Gasteiger partial charge on any atom is -0.383 e. The Bertz CT molecular complexity index is 1140. The lowest BCUT2D eigenvalue weighted by molar-refractivity contribution is -0.121. The summed E-state index contributed by atoms with van der Waals surface area (Å²) in [7, 11) is 1.57. The van der Waals surface area contributed by atoms with Gasteiger partial charge >= 0.3 is 5.69 Å². The molecule has 0 atom stereocenters. The van der Waals surface area contributed by atoms with Crippen LogP contribution >= 0.6 is 0 Å². The van der Waals surface area contributed by atoms with E-state index in [-0.39, 0.29) is 24.5 Å². The van der Waals surface area contributed by atoms with Crippen LogP contribution in [0.5, 0.6) is 0 Å². The molecule has 0 unspecified atom stereocenters. The highest BCUT2D eigenvalue weighted by atomic mass is 16.5. The highest BCUT2D eigenvalue weighted by molar-refractivity contribution is 5.76. The quantitative estimate of drug-likeness (QED) is 0.524. The van der Waals surface area contributed by atoms with E-state index in [0.29, 0.717) is 31.3 Å². The largest absolute Gasteiger partial charge is 0.383 e. The van der Waals surface area contributed by atoms with Crippen LogP contribution in [0.3, 0.4) is 0 Å². The minimum absolute atomic E-state index is 0.243. The highest BCUT2D eigenvalue weighted by Crippen LogP contribution is 2.10. The first kappa shape index (κ1) is 22.5. The Kier molecular flexibility index (Phi) is 7.41. The number of nitrogens with zero attached hydrogens (tertiary/aromatic N) is 4. The summed E-state index contributed by atoms with van der Waals surface area (Å²) >= 11 is 0. The van der Waals surface area contributed by atoms with Gasteiger partial charge in [0.15, 0.2) is 11.2 Å². The number of ether oxygens (including phenoxy) is 1. The van der Waals surface area contributed by atoms with Gasteiger partial charge in [0.2, 0.25) is 5.91 Å². The maximum atomic E-state index is 13.2. The molecule has 0 aliphatic heterocycles. The van der Waals surface area contributed by atoms with Crippen molar-refractivity contribution in [2.24, 2.45) is 5.92 Å². The molecule has 2 aromatic heterocycles. The number of methoxy groups -OCH3 is 1. The highest BCUT2D eigenvalue weighted by Gasteiger charge is 2.20. The smallest absolute Gasteiger partial charge is 0.333 e. The molecule has 0 bridgehead atoms. The molecule has 0 aliphatic carbocycles. The zero-order valence-corrected chi connectivity index (χ0v) is 18.2. The monoisotopic (exact) mass is 427 g/mol. The molecule has 2 heterocycles. The predicted molar refractivity (Wildman–Crippen MR) is 118 cm³/mol. The molecule has 3 aromatic rings. The van der Waals surface area contributed by atoms with Gasteiger partial charge in [-0.2, -0.15) is 0 Å². The second-order valence-electron chi connectivity index (χ2n) is 7.88. The molecular formula is C22H29N5O4. The van der Waals surface area contributed by atoms with E-state index in [9.17, 15) is 14.4 Å². The van der Waals surface area contributed by atoms with Crippen molar-refractivity contribution in [3.05, 3.63) is 63.1 Å². The number of carbonyl (C=O) groups excluding carboxylic acids is 1. The van der Waals surface area contributed by atoms with E-state index in [1.54, 1.807) is 11.7 Å². The van der Waals surface area contributed by atoms with E-state index in [1.807, 2.05) is 30.3 Å². The summed E-state index contributed by atoms with van der Waals surface area (Å²) in [4.78, 5) is 43.2. The Hall–Kier alpha value is -3.20. The number of rotatable bonds is 10. The van der Waals surface area contributed by atoms with E-state index in [1.165, 1.54) is 10.9 Å². The number of imidazole rings is 1. The average Bonchev–Trinajstić information content (AvgIpc) is 3.17. The lowest BCUT2D eigenvalue weighted by atomic mass is 10.1. The fourth-order valence-corrected chi connectivity index (χ4v) is 3.35. The average molecular weight is 428 g/mol. The third kappa shape index (κ3) is 5.29. The molecule has 166 valence electrons. The number of benzene rings is 1. The van der Waals surface area contributed by atoms with Crippen LogP contribution in [-0.2, 0) is 29.2 Å². The maximum Gasteiger partial charge on any atom is 0.333 e. The molecule has 9 nitrogen and oxygen atoms in total. The van der Waals surface area contributed by atoms with Gasteiger partial charge in [-0.25, -0.2) is 14.3 Å². The van der Waals surface area contributed by atoms with E-state index >= 15 is 0 Å². The molecule has 1 N–H and O–H groups in total. The summed E-state index contributed by atoms with van der Waals surface area (Å²) in [5.41, 5.74) is 0.382. The van der Waals surface area contributed by atoms with Crippen molar-refractivity contribution < 1.29 is 9.53 Å². The molecule has 0 saturated carbocycles. The fourth-order valence-electron chi connectivity index (χ4n) is 3.35. The van der Waals surface area contributed by atoms with E-state index in [0.717, 1.165) is 16.6 Å². The molecule has 1 aromatic carbocycles. The number of hydrogen-bond acceptors (Lipinski definition) is 5. The van der Waals surface area contributed by atoms with Gasteiger partial charge < -0.3 is 14.6 Å². The van der Waals surface area contributed by atoms with Crippen molar-refractivity contribution in [3.63, 3.8) is 0 Å². The minimum atomic E-state index is -0.558. The third-order valence-corrected chi connectivity index (χ3v) is 5.05. The first-order chi connectivity index (χ1) is 14.9. The maximum absolute atomic E-state index is 13.2. The molecular weight excluding hydrogens is 398 g/mol. The van der Waals surface area contributed by atoms with Crippen LogP contribution < -0.4 is 16.6 Å². The summed E-state index contributed by atoms with van der Waals surface area (Å²) in [5.74, 6) is 0.0750. The van der Waals surface area contributed by atoms with E-state index < -0.39 is 11.2 Å². The molecule has 0 saturated heterocycles. The van der Waals surface area contributed by atoms with Crippen molar-refractivity contribution in [2.75, 3.05) is 20.3 Å². The van der Waals surface area contributed by atoms with Gasteiger partial charge in [0.25, 0.3) is 5.56 Å². The molecule has 3 rings (SSSR count). The topological polar surface area (TPSA) is 100 Å². The number of fused-ring (bicyclic) bond motifs is 1. The van der Waals surface area contributed by atoms with Crippen molar-refractivity contribution in [2.45, 2.75) is 39.9 Å². The first-order valence-corrected chi connectivity index (χ1v) is 10.4. The Balaban J connectivity index is 2.04. The van der Waals surface area contributed by atoms with Crippen LogP contribution in [0.4, 0.5) is 0 Å². The van der Waals surface area contributed by atoms with Gasteiger partial charge in [0.1, 0.15) is 6.54 Å². The first-order valence-electron chi connectivity index (χ1n) is 10.4. The van der Waals surface area contributed by atoms with Gasteiger partial charge in [0.05, 0.1) is 19.5 Å². The standard InChI is InChI=1S/C22H29N5O4/c1-16(2)9-10-23-18(28)14-27-21(29)19-20(24-15-25(19)11-12-31-3)26(22(27)30)13-17-7-5-4-6-8-17/h4-8,15-16H,9-14H2,1-3H3,(H,23,28). The van der Waals surface area contributed by atoms with Gasteiger partial charge in [0, 0.05) is 20.2 Å². The third-order valence-electron chi connectivity index (χ3n) is 5.05. The van der Waals surface area contributed by atoms with Crippen LogP contribution in [0.2, 0.25) is 0 Å². The predicted octanol–water partition coefficient (Wildman–Crippen LogP) is 1.22. The number of nitrogens with one attached hydrogen (secondary N) is 1. The number of amides is 1. The summed E-state index contributed by atoms with van der Waals surface area (Å²) < 4.78 is 9.21. The summed E-state index contributed by atoms with van der Waals surface area (Å²) in [5, 5.41) is 2.79. The van der Waals surface area contributed by atoms with Crippen LogP contribution in [0.15, 0.2) is 46.2 Å². The zero-order valence-electron chi connectivity index (χ0n) is 18.2. The van der Waals surface area contributed by atoms with Gasteiger partial charge in [-0.15, -0.1) is 0 Å². The Labute approximate surface area is 180 Å². The Morgan fingerprint density at radius 2 is 1.90 bits per heavy atom. The Morgan fingerprint density at radius 1 is 1.16 bits per heavy atom. The van der Waals surface area contributed by atoms with Crippen LogP contribution in [-0.4, -0.2) is 44.9 Å². The SMILES string of the molecule is COCCn1cnc2c1c(=O)n(CC(=O)NCCC(C)C)c(=O)n2Cc1ccccc1. The van der Waals surface area contributed by atoms with Gasteiger partial charge in [-0.1, -0.05) is 44.2 Å². The molecule has 31 heavy (non-hydrogen) atoms. The fraction of sp³-hybridized carbons (Fsp3) is 0.455. The normalized spacial score (nSPS) is 11.4. The molecule has 0 radical (unpaired) electrons.